The second-order valence-electron chi connectivity index (χ2n) is 6.40. The van der Waals surface area contributed by atoms with Gasteiger partial charge in [0, 0.05) is 26.2 Å². The first kappa shape index (κ1) is 17.1. The van der Waals surface area contributed by atoms with Crippen molar-refractivity contribution in [3.05, 3.63) is 23.8 Å². The standard InChI is InChI=1S/C18H30N2O2/c1-15(2)22-18-14-16(7-8-17(18)21-4)6-5-9-20-12-10-19(3)11-13-20/h7-8,14-15H,5-6,9-13H2,1-4H3. The van der Waals surface area contributed by atoms with Gasteiger partial charge in [0.2, 0.25) is 0 Å². The maximum atomic E-state index is 5.84. The molecule has 22 heavy (non-hydrogen) atoms. The summed E-state index contributed by atoms with van der Waals surface area (Å²) in [5.41, 5.74) is 1.32. The van der Waals surface area contributed by atoms with Crippen molar-refractivity contribution in [2.45, 2.75) is 32.8 Å². The van der Waals surface area contributed by atoms with Gasteiger partial charge in [-0.2, -0.15) is 0 Å². The molecular formula is C18H30N2O2. The molecule has 0 atom stereocenters. The summed E-state index contributed by atoms with van der Waals surface area (Å²) in [5.74, 6) is 1.67. The van der Waals surface area contributed by atoms with E-state index in [0.29, 0.717) is 0 Å². The SMILES string of the molecule is COc1ccc(CCCN2CCN(C)CC2)cc1OC(C)C. The van der Waals surface area contributed by atoms with Crippen molar-refractivity contribution in [2.24, 2.45) is 0 Å². The Hall–Kier alpha value is -1.26. The summed E-state index contributed by atoms with van der Waals surface area (Å²) in [7, 11) is 3.89. The van der Waals surface area contributed by atoms with Crippen molar-refractivity contribution in [1.29, 1.82) is 0 Å². The predicted molar refractivity (Wildman–Crippen MR) is 91.0 cm³/mol. The molecule has 0 aliphatic carbocycles. The third kappa shape index (κ3) is 5.18. The van der Waals surface area contributed by atoms with Crippen molar-refractivity contribution >= 4 is 0 Å². The minimum atomic E-state index is 0.162. The number of hydrogen-bond acceptors (Lipinski definition) is 4. The van der Waals surface area contributed by atoms with Crippen LogP contribution >= 0.6 is 0 Å². The van der Waals surface area contributed by atoms with E-state index in [-0.39, 0.29) is 6.10 Å². The highest BCUT2D eigenvalue weighted by Gasteiger charge is 2.13. The number of likely N-dealkylation sites (N-methyl/N-ethyl adjacent to an activating group) is 1. The lowest BCUT2D eigenvalue weighted by molar-refractivity contribution is 0.153. The van der Waals surface area contributed by atoms with E-state index in [2.05, 4.69) is 29.0 Å². The average molecular weight is 306 g/mol. The van der Waals surface area contributed by atoms with Gasteiger partial charge in [0.1, 0.15) is 0 Å². The first-order chi connectivity index (χ1) is 10.6. The van der Waals surface area contributed by atoms with Gasteiger partial charge in [-0.25, -0.2) is 0 Å². The van der Waals surface area contributed by atoms with Gasteiger partial charge < -0.3 is 19.3 Å². The largest absolute Gasteiger partial charge is 0.493 e. The van der Waals surface area contributed by atoms with Crippen LogP contribution in [-0.2, 0) is 6.42 Å². The van der Waals surface area contributed by atoms with E-state index < -0.39 is 0 Å². The van der Waals surface area contributed by atoms with Crippen LogP contribution in [0.15, 0.2) is 18.2 Å². The Balaban J connectivity index is 1.84. The fourth-order valence-corrected chi connectivity index (χ4v) is 2.80. The summed E-state index contributed by atoms with van der Waals surface area (Å²) >= 11 is 0. The topological polar surface area (TPSA) is 24.9 Å². The van der Waals surface area contributed by atoms with Crippen LogP contribution in [0.25, 0.3) is 0 Å². The second-order valence-corrected chi connectivity index (χ2v) is 6.40. The first-order valence-electron chi connectivity index (χ1n) is 8.33. The van der Waals surface area contributed by atoms with E-state index in [0.717, 1.165) is 17.9 Å². The van der Waals surface area contributed by atoms with Gasteiger partial charge in [0.15, 0.2) is 11.5 Å². The van der Waals surface area contributed by atoms with Crippen LogP contribution in [0.3, 0.4) is 0 Å². The van der Waals surface area contributed by atoms with E-state index in [1.54, 1.807) is 7.11 Å². The number of benzene rings is 1. The molecule has 124 valence electrons. The summed E-state index contributed by atoms with van der Waals surface area (Å²) in [6.07, 6.45) is 2.44. The van der Waals surface area contributed by atoms with E-state index >= 15 is 0 Å². The zero-order chi connectivity index (χ0) is 15.9. The molecule has 0 bridgehead atoms. The summed E-state index contributed by atoms with van der Waals surface area (Å²) < 4.78 is 11.2. The Kier molecular flexibility index (Phi) is 6.52. The molecule has 1 aromatic rings. The molecule has 0 N–H and O–H groups in total. The highest BCUT2D eigenvalue weighted by Crippen LogP contribution is 2.29. The van der Waals surface area contributed by atoms with Crippen LogP contribution in [0.4, 0.5) is 0 Å². The van der Waals surface area contributed by atoms with E-state index in [4.69, 9.17) is 9.47 Å². The normalized spacial score (nSPS) is 17.0. The molecule has 0 radical (unpaired) electrons. The molecule has 0 amide bonds. The maximum Gasteiger partial charge on any atom is 0.161 e. The maximum absolute atomic E-state index is 5.84. The number of rotatable bonds is 7. The average Bonchev–Trinajstić information content (AvgIpc) is 2.49. The van der Waals surface area contributed by atoms with E-state index in [1.807, 2.05) is 19.9 Å². The highest BCUT2D eigenvalue weighted by atomic mass is 16.5. The molecule has 0 spiro atoms. The minimum Gasteiger partial charge on any atom is -0.493 e. The van der Waals surface area contributed by atoms with Crippen LogP contribution in [0, 0.1) is 0 Å². The molecule has 4 heteroatoms. The summed E-state index contributed by atoms with van der Waals surface area (Å²) in [6, 6.07) is 6.29. The lowest BCUT2D eigenvalue weighted by Crippen LogP contribution is -2.44. The Morgan fingerprint density at radius 1 is 1.09 bits per heavy atom. The summed E-state index contributed by atoms with van der Waals surface area (Å²) in [5, 5.41) is 0. The number of piperazine rings is 1. The van der Waals surface area contributed by atoms with Gasteiger partial charge >= 0.3 is 0 Å². The molecule has 2 rings (SSSR count). The van der Waals surface area contributed by atoms with Crippen molar-refractivity contribution < 1.29 is 9.47 Å². The molecule has 4 nitrogen and oxygen atoms in total. The molecule has 1 fully saturated rings. The summed E-state index contributed by atoms with van der Waals surface area (Å²) in [4.78, 5) is 4.96. The Morgan fingerprint density at radius 3 is 2.45 bits per heavy atom. The number of methoxy groups -OCH3 is 1. The van der Waals surface area contributed by atoms with Crippen molar-refractivity contribution in [3.63, 3.8) is 0 Å². The third-order valence-corrected chi connectivity index (χ3v) is 4.13. The Morgan fingerprint density at radius 2 is 1.82 bits per heavy atom. The Bertz CT molecular complexity index is 454. The van der Waals surface area contributed by atoms with Gasteiger partial charge in [-0.1, -0.05) is 6.07 Å². The lowest BCUT2D eigenvalue weighted by Gasteiger charge is -2.32. The zero-order valence-electron chi connectivity index (χ0n) is 14.5. The first-order valence-corrected chi connectivity index (χ1v) is 8.33. The van der Waals surface area contributed by atoms with Crippen molar-refractivity contribution in [2.75, 3.05) is 46.9 Å². The highest BCUT2D eigenvalue weighted by molar-refractivity contribution is 5.43. The predicted octanol–water partition coefficient (Wildman–Crippen LogP) is 2.66. The van der Waals surface area contributed by atoms with Crippen LogP contribution in [0.1, 0.15) is 25.8 Å². The second kappa shape index (κ2) is 8.39. The number of nitrogens with zero attached hydrogens (tertiary/aromatic N) is 2. The fourth-order valence-electron chi connectivity index (χ4n) is 2.80. The number of hydrogen-bond donors (Lipinski definition) is 0. The number of aryl methyl sites for hydroxylation is 1. The van der Waals surface area contributed by atoms with Gasteiger partial charge in [-0.3, -0.25) is 0 Å². The molecule has 0 unspecified atom stereocenters. The third-order valence-electron chi connectivity index (χ3n) is 4.13. The van der Waals surface area contributed by atoms with E-state index in [9.17, 15) is 0 Å². The summed E-state index contributed by atoms with van der Waals surface area (Å²) in [6.45, 7) is 10.0. The molecule has 0 saturated carbocycles. The molecule has 0 aromatic heterocycles. The van der Waals surface area contributed by atoms with Crippen molar-refractivity contribution in [1.82, 2.24) is 9.80 Å². The lowest BCUT2D eigenvalue weighted by atomic mass is 10.1. The molecule has 1 aliphatic rings. The van der Waals surface area contributed by atoms with Gasteiger partial charge in [0.05, 0.1) is 13.2 Å². The van der Waals surface area contributed by atoms with Gasteiger partial charge in [-0.05, 0) is 58.0 Å². The molecule has 1 aliphatic heterocycles. The fraction of sp³-hybridized carbons (Fsp3) is 0.667. The van der Waals surface area contributed by atoms with Crippen LogP contribution in [0.2, 0.25) is 0 Å². The van der Waals surface area contributed by atoms with Gasteiger partial charge in [0.25, 0.3) is 0 Å². The molecule has 1 saturated heterocycles. The molecule has 1 heterocycles. The molecule has 1 aromatic carbocycles. The minimum absolute atomic E-state index is 0.162. The quantitative estimate of drug-likeness (QED) is 0.773. The van der Waals surface area contributed by atoms with Crippen LogP contribution < -0.4 is 9.47 Å². The molecular weight excluding hydrogens is 276 g/mol. The van der Waals surface area contributed by atoms with E-state index in [1.165, 1.54) is 44.7 Å². The Labute approximate surface area is 135 Å². The zero-order valence-corrected chi connectivity index (χ0v) is 14.5. The van der Waals surface area contributed by atoms with Crippen LogP contribution in [-0.4, -0.2) is 62.8 Å². The smallest absolute Gasteiger partial charge is 0.161 e. The van der Waals surface area contributed by atoms with Gasteiger partial charge in [-0.15, -0.1) is 0 Å². The van der Waals surface area contributed by atoms with Crippen LogP contribution in [0.5, 0.6) is 11.5 Å². The number of ether oxygens (including phenoxy) is 2. The van der Waals surface area contributed by atoms with Crippen molar-refractivity contribution in [3.8, 4) is 11.5 Å². The monoisotopic (exact) mass is 306 g/mol.